The molecule has 0 bridgehead atoms. The van der Waals surface area contributed by atoms with Gasteiger partial charge in [-0.15, -0.1) is 0 Å². The molecule has 0 saturated heterocycles. The summed E-state index contributed by atoms with van der Waals surface area (Å²) >= 11 is 0. The topological polar surface area (TPSA) is 20.2 Å². The van der Waals surface area contributed by atoms with Gasteiger partial charge in [0.2, 0.25) is 0 Å². The minimum absolute atomic E-state index is 0.0734. The molecule has 1 unspecified atom stereocenters. The lowest BCUT2D eigenvalue weighted by Crippen LogP contribution is -2.15. The molecular weight excluding hydrogens is 248 g/mol. The lowest BCUT2D eigenvalue weighted by molar-refractivity contribution is -0.140. The van der Waals surface area contributed by atoms with Gasteiger partial charge in [0.05, 0.1) is 11.7 Å². The Balaban J connectivity index is 2.74. The zero-order chi connectivity index (χ0) is 13.9. The van der Waals surface area contributed by atoms with Crippen molar-refractivity contribution in [1.29, 1.82) is 0 Å². The zero-order valence-corrected chi connectivity index (χ0v) is 10.3. The van der Waals surface area contributed by atoms with Gasteiger partial charge >= 0.3 is 6.18 Å². The third kappa shape index (κ3) is 3.98. The summed E-state index contributed by atoms with van der Waals surface area (Å²) in [7, 11) is 0. The van der Waals surface area contributed by atoms with E-state index in [1.165, 1.54) is 6.07 Å². The molecule has 1 N–H and O–H groups in total. The van der Waals surface area contributed by atoms with Crippen LogP contribution in [-0.2, 0) is 12.6 Å². The normalized spacial score (nSPS) is 14.0. The van der Waals surface area contributed by atoms with Crippen LogP contribution in [0.25, 0.3) is 0 Å². The summed E-state index contributed by atoms with van der Waals surface area (Å²) in [6, 6.07) is 2.88. The van der Waals surface area contributed by atoms with E-state index in [-0.39, 0.29) is 5.92 Å². The predicted molar refractivity (Wildman–Crippen MR) is 60.6 cm³/mol. The lowest BCUT2D eigenvalue weighted by atomic mass is 9.98. The Morgan fingerprint density at radius 3 is 2.28 bits per heavy atom. The largest absolute Gasteiger partial charge is 0.419 e. The molecule has 18 heavy (non-hydrogen) atoms. The fourth-order valence-electron chi connectivity index (χ4n) is 1.59. The first-order valence-corrected chi connectivity index (χ1v) is 5.75. The van der Waals surface area contributed by atoms with E-state index in [2.05, 4.69) is 0 Å². The highest BCUT2D eigenvalue weighted by Crippen LogP contribution is 2.31. The van der Waals surface area contributed by atoms with Gasteiger partial charge in [0, 0.05) is 0 Å². The Hall–Kier alpha value is -1.10. The minimum Gasteiger partial charge on any atom is -0.393 e. The molecule has 0 aromatic heterocycles. The number of halogens is 4. The summed E-state index contributed by atoms with van der Waals surface area (Å²) in [4.78, 5) is 0. The molecule has 0 aliphatic rings. The van der Waals surface area contributed by atoms with Gasteiger partial charge in [0.1, 0.15) is 5.82 Å². The molecule has 0 amide bonds. The number of aryl methyl sites for hydroxylation is 1. The van der Waals surface area contributed by atoms with Crippen molar-refractivity contribution < 1.29 is 22.7 Å². The smallest absolute Gasteiger partial charge is 0.393 e. The van der Waals surface area contributed by atoms with E-state index >= 15 is 0 Å². The number of hydrogen-bond donors (Lipinski definition) is 1. The molecule has 102 valence electrons. The van der Waals surface area contributed by atoms with E-state index in [0.29, 0.717) is 18.4 Å². The molecule has 0 aliphatic heterocycles. The molecule has 0 radical (unpaired) electrons. The van der Waals surface area contributed by atoms with Crippen molar-refractivity contribution in [3.8, 4) is 0 Å². The number of benzene rings is 1. The standard InChI is InChI=1S/C13H16F4O/c1-8(2)12(18)6-4-9-3-5-10(11(14)7-9)13(15,16)17/h3,5,7-8,12,18H,4,6H2,1-2H3. The summed E-state index contributed by atoms with van der Waals surface area (Å²) in [5.41, 5.74) is -0.796. The van der Waals surface area contributed by atoms with Crippen LogP contribution in [0.15, 0.2) is 18.2 Å². The maximum atomic E-state index is 13.2. The summed E-state index contributed by atoms with van der Waals surface area (Å²) < 4.78 is 50.2. The van der Waals surface area contributed by atoms with Crippen LogP contribution in [0.1, 0.15) is 31.4 Å². The average molecular weight is 264 g/mol. The van der Waals surface area contributed by atoms with E-state index in [9.17, 15) is 22.7 Å². The van der Waals surface area contributed by atoms with Gasteiger partial charge in [0.15, 0.2) is 0 Å². The van der Waals surface area contributed by atoms with Gasteiger partial charge in [-0.3, -0.25) is 0 Å². The summed E-state index contributed by atoms with van der Waals surface area (Å²) in [6.45, 7) is 3.69. The molecule has 1 rings (SSSR count). The predicted octanol–water partition coefficient (Wildman–Crippen LogP) is 3.79. The molecule has 1 aromatic rings. The number of alkyl halides is 3. The van der Waals surface area contributed by atoms with E-state index in [1.54, 1.807) is 0 Å². The van der Waals surface area contributed by atoms with Crippen LogP contribution >= 0.6 is 0 Å². The molecule has 1 aromatic carbocycles. The van der Waals surface area contributed by atoms with Gasteiger partial charge in [-0.25, -0.2) is 4.39 Å². The van der Waals surface area contributed by atoms with Gasteiger partial charge in [-0.1, -0.05) is 19.9 Å². The Morgan fingerprint density at radius 2 is 1.83 bits per heavy atom. The van der Waals surface area contributed by atoms with Crippen molar-refractivity contribution in [3.05, 3.63) is 35.1 Å². The highest BCUT2D eigenvalue weighted by molar-refractivity contribution is 5.26. The molecule has 0 spiro atoms. The second-order valence-corrected chi connectivity index (χ2v) is 4.66. The van der Waals surface area contributed by atoms with E-state index in [1.807, 2.05) is 13.8 Å². The molecule has 5 heteroatoms. The van der Waals surface area contributed by atoms with Crippen molar-refractivity contribution in [2.45, 2.75) is 39.0 Å². The van der Waals surface area contributed by atoms with Gasteiger partial charge < -0.3 is 5.11 Å². The Kier molecular flexibility index (Phi) is 4.73. The number of aliphatic hydroxyl groups is 1. The molecule has 0 saturated carbocycles. The fourth-order valence-corrected chi connectivity index (χ4v) is 1.59. The fraction of sp³-hybridized carbons (Fsp3) is 0.538. The Labute approximate surface area is 103 Å². The third-order valence-electron chi connectivity index (χ3n) is 2.84. The van der Waals surface area contributed by atoms with Crippen molar-refractivity contribution in [2.24, 2.45) is 5.92 Å². The van der Waals surface area contributed by atoms with E-state index < -0.39 is 23.7 Å². The Bertz CT molecular complexity index is 398. The van der Waals surface area contributed by atoms with Crippen LogP contribution in [0.2, 0.25) is 0 Å². The SMILES string of the molecule is CC(C)C(O)CCc1ccc(C(F)(F)F)c(F)c1. The minimum atomic E-state index is -4.67. The van der Waals surface area contributed by atoms with Crippen molar-refractivity contribution >= 4 is 0 Å². The molecule has 1 nitrogen and oxygen atoms in total. The molecule has 0 aliphatic carbocycles. The Morgan fingerprint density at radius 1 is 1.22 bits per heavy atom. The van der Waals surface area contributed by atoms with Crippen LogP contribution < -0.4 is 0 Å². The van der Waals surface area contributed by atoms with Crippen LogP contribution in [0.4, 0.5) is 17.6 Å². The van der Waals surface area contributed by atoms with E-state index in [0.717, 1.165) is 12.1 Å². The third-order valence-corrected chi connectivity index (χ3v) is 2.84. The maximum Gasteiger partial charge on any atom is 0.419 e. The van der Waals surface area contributed by atoms with Gasteiger partial charge in [0.25, 0.3) is 0 Å². The summed E-state index contributed by atoms with van der Waals surface area (Å²) in [5.74, 6) is -1.19. The van der Waals surface area contributed by atoms with Gasteiger partial charge in [-0.05, 0) is 36.5 Å². The quantitative estimate of drug-likeness (QED) is 0.820. The first-order valence-electron chi connectivity index (χ1n) is 5.75. The van der Waals surface area contributed by atoms with Crippen LogP contribution in [0, 0.1) is 11.7 Å². The van der Waals surface area contributed by atoms with Crippen molar-refractivity contribution in [3.63, 3.8) is 0 Å². The van der Waals surface area contributed by atoms with Crippen molar-refractivity contribution in [2.75, 3.05) is 0 Å². The second-order valence-electron chi connectivity index (χ2n) is 4.66. The van der Waals surface area contributed by atoms with Crippen molar-refractivity contribution in [1.82, 2.24) is 0 Å². The van der Waals surface area contributed by atoms with Crippen LogP contribution in [0.5, 0.6) is 0 Å². The van der Waals surface area contributed by atoms with Crippen LogP contribution in [-0.4, -0.2) is 11.2 Å². The molecule has 0 heterocycles. The zero-order valence-electron chi connectivity index (χ0n) is 10.3. The number of hydrogen-bond acceptors (Lipinski definition) is 1. The van der Waals surface area contributed by atoms with Crippen LogP contribution in [0.3, 0.4) is 0 Å². The maximum absolute atomic E-state index is 13.2. The highest BCUT2D eigenvalue weighted by Gasteiger charge is 2.33. The monoisotopic (exact) mass is 264 g/mol. The number of rotatable bonds is 4. The molecule has 0 fully saturated rings. The molecular formula is C13H16F4O. The second kappa shape index (κ2) is 5.69. The highest BCUT2D eigenvalue weighted by atomic mass is 19.4. The first-order chi connectivity index (χ1) is 8.21. The summed E-state index contributed by atoms with van der Waals surface area (Å²) in [6.07, 6.45) is -4.44. The molecule has 1 atom stereocenters. The summed E-state index contributed by atoms with van der Waals surface area (Å²) in [5, 5.41) is 9.57. The number of aliphatic hydroxyl groups excluding tert-OH is 1. The van der Waals surface area contributed by atoms with E-state index in [4.69, 9.17) is 0 Å². The first kappa shape index (κ1) is 15.0. The lowest BCUT2D eigenvalue weighted by Gasteiger charge is -2.14. The average Bonchev–Trinajstić information content (AvgIpc) is 2.23. The van der Waals surface area contributed by atoms with Gasteiger partial charge in [-0.2, -0.15) is 13.2 Å².